The van der Waals surface area contributed by atoms with Crippen LogP contribution in [0.15, 0.2) is 18.2 Å². The number of rotatable bonds is 8. The van der Waals surface area contributed by atoms with E-state index in [0.29, 0.717) is 13.2 Å². The molecule has 0 spiro atoms. The molecular weight excluding hydrogens is 216 g/mol. The van der Waals surface area contributed by atoms with Crippen molar-refractivity contribution in [1.29, 1.82) is 0 Å². The monoisotopic (exact) mass is 238 g/mol. The van der Waals surface area contributed by atoms with Crippen LogP contribution in [-0.2, 0) is 6.61 Å². The van der Waals surface area contributed by atoms with E-state index in [9.17, 15) is 5.11 Å². The number of unbranched alkanes of at least 4 members (excludes halogenated alkanes) is 1. The first-order chi connectivity index (χ1) is 8.30. The molecule has 0 saturated heterocycles. The predicted octanol–water partition coefficient (Wildman–Crippen LogP) is 3.15. The number of benzene rings is 1. The predicted molar refractivity (Wildman–Crippen MR) is 68.6 cm³/mol. The third kappa shape index (κ3) is 5.09. The molecule has 1 rings (SSSR count). The van der Waals surface area contributed by atoms with Gasteiger partial charge in [0.1, 0.15) is 11.5 Å². The van der Waals surface area contributed by atoms with Gasteiger partial charge in [0.15, 0.2) is 0 Å². The van der Waals surface area contributed by atoms with Crippen LogP contribution < -0.4 is 9.47 Å². The molecule has 0 aliphatic rings. The second kappa shape index (κ2) is 7.96. The lowest BCUT2D eigenvalue weighted by molar-refractivity contribution is 0.273. The fourth-order valence-electron chi connectivity index (χ4n) is 1.44. The summed E-state index contributed by atoms with van der Waals surface area (Å²) in [5, 5.41) is 9.17. The van der Waals surface area contributed by atoms with E-state index in [0.717, 1.165) is 36.3 Å². The molecule has 0 atom stereocenters. The van der Waals surface area contributed by atoms with E-state index in [-0.39, 0.29) is 6.61 Å². The van der Waals surface area contributed by atoms with Gasteiger partial charge >= 0.3 is 0 Å². The van der Waals surface area contributed by atoms with Crippen molar-refractivity contribution in [1.82, 2.24) is 0 Å². The minimum atomic E-state index is 0.00740. The molecule has 0 aliphatic heterocycles. The third-order valence-corrected chi connectivity index (χ3v) is 2.36. The largest absolute Gasteiger partial charge is 0.493 e. The third-order valence-electron chi connectivity index (χ3n) is 2.36. The van der Waals surface area contributed by atoms with E-state index in [1.807, 2.05) is 18.2 Å². The van der Waals surface area contributed by atoms with Gasteiger partial charge in [0.25, 0.3) is 0 Å². The maximum Gasteiger partial charge on any atom is 0.123 e. The summed E-state index contributed by atoms with van der Waals surface area (Å²) >= 11 is 0. The zero-order chi connectivity index (χ0) is 12.5. The van der Waals surface area contributed by atoms with Crippen molar-refractivity contribution in [2.75, 3.05) is 13.2 Å². The van der Waals surface area contributed by atoms with Gasteiger partial charge in [-0.2, -0.15) is 0 Å². The average Bonchev–Trinajstić information content (AvgIpc) is 2.36. The van der Waals surface area contributed by atoms with Crippen LogP contribution in [0.3, 0.4) is 0 Å². The lowest BCUT2D eigenvalue weighted by atomic mass is 10.2. The Morgan fingerprint density at radius 3 is 2.12 bits per heavy atom. The quantitative estimate of drug-likeness (QED) is 0.707. The normalized spacial score (nSPS) is 10.3. The van der Waals surface area contributed by atoms with E-state index in [1.165, 1.54) is 0 Å². The number of hydrogen-bond acceptors (Lipinski definition) is 3. The van der Waals surface area contributed by atoms with E-state index >= 15 is 0 Å². The van der Waals surface area contributed by atoms with Crippen molar-refractivity contribution in [2.45, 2.75) is 39.7 Å². The van der Waals surface area contributed by atoms with Gasteiger partial charge in [-0.1, -0.05) is 20.3 Å². The Labute approximate surface area is 103 Å². The highest BCUT2D eigenvalue weighted by atomic mass is 16.5. The highest BCUT2D eigenvalue weighted by Crippen LogP contribution is 2.23. The van der Waals surface area contributed by atoms with Gasteiger partial charge in [0.05, 0.1) is 19.8 Å². The van der Waals surface area contributed by atoms with Crippen LogP contribution >= 0.6 is 0 Å². The van der Waals surface area contributed by atoms with Crippen molar-refractivity contribution in [2.24, 2.45) is 0 Å². The van der Waals surface area contributed by atoms with Crippen molar-refractivity contribution < 1.29 is 14.6 Å². The molecule has 0 unspecified atom stereocenters. The highest BCUT2D eigenvalue weighted by molar-refractivity contribution is 5.38. The summed E-state index contributed by atoms with van der Waals surface area (Å²) in [5.41, 5.74) is 0.824. The van der Waals surface area contributed by atoms with Gasteiger partial charge in [-0.05, 0) is 30.5 Å². The van der Waals surface area contributed by atoms with Crippen LogP contribution in [-0.4, -0.2) is 18.3 Å². The zero-order valence-electron chi connectivity index (χ0n) is 10.7. The molecule has 1 aromatic rings. The van der Waals surface area contributed by atoms with Crippen LogP contribution in [0, 0.1) is 0 Å². The first-order valence-corrected chi connectivity index (χ1v) is 6.30. The van der Waals surface area contributed by atoms with Gasteiger partial charge in [0, 0.05) is 6.07 Å². The molecule has 96 valence electrons. The van der Waals surface area contributed by atoms with Crippen molar-refractivity contribution in [3.63, 3.8) is 0 Å². The molecular formula is C14H22O3. The Bertz CT molecular complexity index is 323. The summed E-state index contributed by atoms with van der Waals surface area (Å²) in [6.45, 7) is 5.59. The van der Waals surface area contributed by atoms with Crippen molar-refractivity contribution in [3.05, 3.63) is 23.8 Å². The first-order valence-electron chi connectivity index (χ1n) is 6.30. The fraction of sp³-hybridized carbons (Fsp3) is 0.571. The number of hydrogen-bond donors (Lipinski definition) is 1. The molecule has 3 heteroatoms. The van der Waals surface area contributed by atoms with Gasteiger partial charge in [-0.15, -0.1) is 0 Å². The molecule has 1 aromatic carbocycles. The first kappa shape index (κ1) is 13.8. The van der Waals surface area contributed by atoms with Crippen molar-refractivity contribution in [3.8, 4) is 11.5 Å². The number of aliphatic hydroxyl groups is 1. The average molecular weight is 238 g/mol. The second-order valence-electron chi connectivity index (χ2n) is 4.02. The summed E-state index contributed by atoms with van der Waals surface area (Å²) in [7, 11) is 0. The Morgan fingerprint density at radius 1 is 0.941 bits per heavy atom. The van der Waals surface area contributed by atoms with Gasteiger partial charge < -0.3 is 14.6 Å². The van der Waals surface area contributed by atoms with Crippen LogP contribution in [0.2, 0.25) is 0 Å². The van der Waals surface area contributed by atoms with Crippen LogP contribution in [0.4, 0.5) is 0 Å². The molecule has 17 heavy (non-hydrogen) atoms. The maximum absolute atomic E-state index is 9.17. The van der Waals surface area contributed by atoms with Crippen LogP contribution in [0.25, 0.3) is 0 Å². The van der Waals surface area contributed by atoms with E-state index in [2.05, 4.69) is 13.8 Å². The standard InChI is InChI=1S/C14H22O3/c1-3-5-7-17-14-9-12(11-15)8-13(10-14)16-6-4-2/h8-10,15H,3-7,11H2,1-2H3. The molecule has 0 bridgehead atoms. The smallest absolute Gasteiger partial charge is 0.123 e. The van der Waals surface area contributed by atoms with Gasteiger partial charge in [-0.3, -0.25) is 0 Å². The number of ether oxygens (including phenoxy) is 2. The molecule has 0 aromatic heterocycles. The van der Waals surface area contributed by atoms with E-state index in [1.54, 1.807) is 0 Å². The van der Waals surface area contributed by atoms with Crippen molar-refractivity contribution >= 4 is 0 Å². The highest BCUT2D eigenvalue weighted by Gasteiger charge is 2.02. The van der Waals surface area contributed by atoms with E-state index < -0.39 is 0 Å². The minimum absolute atomic E-state index is 0.00740. The lowest BCUT2D eigenvalue weighted by Gasteiger charge is -2.11. The second-order valence-corrected chi connectivity index (χ2v) is 4.02. The molecule has 0 radical (unpaired) electrons. The summed E-state index contributed by atoms with van der Waals surface area (Å²) in [5.74, 6) is 1.54. The Kier molecular flexibility index (Phi) is 6.48. The topological polar surface area (TPSA) is 38.7 Å². The maximum atomic E-state index is 9.17. The molecule has 0 heterocycles. The lowest BCUT2D eigenvalue weighted by Crippen LogP contribution is -2.00. The Hall–Kier alpha value is -1.22. The number of aliphatic hydroxyl groups excluding tert-OH is 1. The molecule has 0 saturated carbocycles. The fourth-order valence-corrected chi connectivity index (χ4v) is 1.44. The minimum Gasteiger partial charge on any atom is -0.493 e. The van der Waals surface area contributed by atoms with Crippen LogP contribution in [0.5, 0.6) is 11.5 Å². The summed E-state index contributed by atoms with van der Waals surface area (Å²) in [6, 6.07) is 5.58. The summed E-state index contributed by atoms with van der Waals surface area (Å²) in [6.07, 6.45) is 3.11. The molecule has 1 N–H and O–H groups in total. The summed E-state index contributed by atoms with van der Waals surface area (Å²) < 4.78 is 11.2. The Morgan fingerprint density at radius 2 is 1.59 bits per heavy atom. The SMILES string of the molecule is CCCCOc1cc(CO)cc(OCCC)c1. The Balaban J connectivity index is 2.67. The summed E-state index contributed by atoms with van der Waals surface area (Å²) in [4.78, 5) is 0. The molecule has 3 nitrogen and oxygen atoms in total. The van der Waals surface area contributed by atoms with E-state index in [4.69, 9.17) is 9.47 Å². The molecule has 0 amide bonds. The van der Waals surface area contributed by atoms with Gasteiger partial charge in [-0.25, -0.2) is 0 Å². The molecule has 0 aliphatic carbocycles. The molecule has 0 fully saturated rings. The van der Waals surface area contributed by atoms with Gasteiger partial charge in [0.2, 0.25) is 0 Å². The van der Waals surface area contributed by atoms with Crippen LogP contribution in [0.1, 0.15) is 38.7 Å². The zero-order valence-corrected chi connectivity index (χ0v) is 10.7.